The van der Waals surface area contributed by atoms with Gasteiger partial charge in [-0.15, -0.1) is 12.4 Å². The second-order valence-electron chi connectivity index (χ2n) is 4.65. The average Bonchev–Trinajstić information content (AvgIpc) is 2.21. The van der Waals surface area contributed by atoms with Gasteiger partial charge in [0.1, 0.15) is 0 Å². The van der Waals surface area contributed by atoms with E-state index in [0.717, 1.165) is 0 Å². The molecule has 0 nitrogen and oxygen atoms in total. The van der Waals surface area contributed by atoms with Gasteiger partial charge in [-0.3, -0.25) is 0 Å². The van der Waals surface area contributed by atoms with Crippen LogP contribution in [-0.4, -0.2) is 14.1 Å². The maximum atomic E-state index is 2.33. The minimum atomic E-state index is -0.301. The molecule has 0 atom stereocenters. The fourth-order valence-electron chi connectivity index (χ4n) is 2.10. The third kappa shape index (κ3) is 12.8. The molecule has 15 heavy (non-hydrogen) atoms. The summed E-state index contributed by atoms with van der Waals surface area (Å²) in [7, 11) is 0. The monoisotopic (exact) mass is 248 g/mol. The molecule has 0 bridgehead atoms. The van der Waals surface area contributed by atoms with E-state index in [1.165, 1.54) is 44.9 Å². The molecule has 0 rings (SSSR count). The van der Waals surface area contributed by atoms with Gasteiger partial charge in [-0.05, 0) is 0 Å². The van der Waals surface area contributed by atoms with Crippen molar-refractivity contribution >= 4 is 26.6 Å². The summed E-state index contributed by atoms with van der Waals surface area (Å²) < 4.78 is 0. The van der Waals surface area contributed by atoms with Crippen LogP contribution in [0.15, 0.2) is 0 Å². The van der Waals surface area contributed by atoms with E-state index in [1.807, 2.05) is 0 Å². The lowest BCUT2D eigenvalue weighted by Crippen LogP contribution is -2.11. The molecule has 0 aromatic carbocycles. The summed E-state index contributed by atoms with van der Waals surface area (Å²) in [6.45, 7) is 6.98. The molecule has 0 saturated carbocycles. The Hall–Kier alpha value is 0.822. The number of unbranched alkanes of at least 4 members (excludes halogenated alkanes) is 4. The highest BCUT2D eigenvalue weighted by Crippen LogP contribution is 2.16. The van der Waals surface area contributed by atoms with E-state index in [2.05, 4.69) is 20.8 Å². The normalized spacial score (nSPS) is 9.80. The van der Waals surface area contributed by atoms with Crippen molar-refractivity contribution in [2.24, 2.45) is 0 Å². The van der Waals surface area contributed by atoms with Gasteiger partial charge in [-0.2, -0.15) is 0 Å². The van der Waals surface area contributed by atoms with Gasteiger partial charge in [-0.25, -0.2) is 0 Å². The van der Waals surface area contributed by atoms with Crippen molar-refractivity contribution < 1.29 is 0 Å². The van der Waals surface area contributed by atoms with E-state index in [4.69, 9.17) is 0 Å². The van der Waals surface area contributed by atoms with Crippen LogP contribution in [0.3, 0.4) is 0 Å². The Bertz CT molecular complexity index is 98.7. The predicted molar refractivity (Wildman–Crippen MR) is 76.8 cm³/mol. The van der Waals surface area contributed by atoms with Crippen LogP contribution in [0, 0.1) is 0 Å². The first-order valence-corrected chi connectivity index (χ1v) is 9.30. The lowest BCUT2D eigenvalue weighted by Gasteiger charge is -2.10. The van der Waals surface area contributed by atoms with Crippen molar-refractivity contribution in [3.05, 3.63) is 0 Å². The van der Waals surface area contributed by atoms with Crippen molar-refractivity contribution in [2.45, 2.75) is 81.6 Å². The third-order valence-electron chi connectivity index (χ3n) is 3.15. The quantitative estimate of drug-likeness (QED) is 0.344. The Morgan fingerprint density at radius 3 is 1.40 bits per heavy atom. The van der Waals surface area contributed by atoms with Crippen LogP contribution in [0.25, 0.3) is 0 Å². The van der Waals surface area contributed by atoms with Crippen molar-refractivity contribution in [3.8, 4) is 0 Å². The van der Waals surface area contributed by atoms with Crippen LogP contribution < -0.4 is 0 Å². The summed E-state index contributed by atoms with van der Waals surface area (Å²) in [4.78, 5) is 0. The molecule has 0 aliphatic heterocycles. The van der Waals surface area contributed by atoms with E-state index in [1.54, 1.807) is 15.8 Å². The number of hydrogen-bond acceptors (Lipinski definition) is 0. The van der Waals surface area contributed by atoms with Gasteiger partial charge in [0.25, 0.3) is 14.1 Å². The highest BCUT2D eigenvalue weighted by atomic mass is 35.5. The van der Waals surface area contributed by atoms with Gasteiger partial charge in [-0.1, -0.05) is 81.6 Å². The molecule has 0 fully saturated rings. The number of hydrogen-bond donors (Lipinski definition) is 0. The highest BCUT2D eigenvalue weighted by molar-refractivity contribution is 6.58. The first-order chi connectivity index (χ1) is 6.85. The van der Waals surface area contributed by atoms with Gasteiger partial charge in [0.05, 0.1) is 0 Å². The molecule has 0 aromatic heterocycles. The average molecular weight is 249 g/mol. The summed E-state index contributed by atoms with van der Waals surface area (Å²) in [6.07, 6.45) is 10.2. The standard InChI is InChI=1S/C5H11.2C4H9.Al.ClH/c1-3-5-4-2;2*1-3-4-2;;/h1,3-5H2,2H3;2*1,3-4H2,2H3;;1H. The molecule has 0 unspecified atom stereocenters. The molecule has 0 spiro atoms. The predicted octanol–water partition coefficient (Wildman–Crippen LogP) is 5.69. The molecule has 0 aliphatic carbocycles. The summed E-state index contributed by atoms with van der Waals surface area (Å²) in [5, 5.41) is 4.88. The van der Waals surface area contributed by atoms with Crippen molar-refractivity contribution in [3.63, 3.8) is 0 Å². The zero-order valence-electron chi connectivity index (χ0n) is 11.1. The molecule has 0 N–H and O–H groups in total. The van der Waals surface area contributed by atoms with Gasteiger partial charge < -0.3 is 0 Å². The van der Waals surface area contributed by atoms with E-state index >= 15 is 0 Å². The minimum absolute atomic E-state index is 0. The van der Waals surface area contributed by atoms with E-state index in [-0.39, 0.29) is 26.6 Å². The molecule has 92 valence electrons. The zero-order valence-corrected chi connectivity index (χ0v) is 13.0. The second kappa shape index (κ2) is 14.8. The van der Waals surface area contributed by atoms with Crippen molar-refractivity contribution in [1.29, 1.82) is 0 Å². The Labute approximate surface area is 108 Å². The maximum Gasteiger partial charge on any atom is 0.261 e. The van der Waals surface area contributed by atoms with Crippen LogP contribution >= 0.6 is 12.4 Å². The first kappa shape index (κ1) is 18.2. The molecule has 0 aromatic rings. The molecule has 0 heterocycles. The third-order valence-corrected chi connectivity index (χ3v) is 6.82. The fraction of sp³-hybridized carbons (Fsp3) is 1.00. The van der Waals surface area contributed by atoms with Crippen LogP contribution in [0.5, 0.6) is 0 Å². The molecular formula is C13H30AlCl. The Kier molecular flexibility index (Phi) is 18.0. The van der Waals surface area contributed by atoms with Crippen molar-refractivity contribution in [1.82, 2.24) is 0 Å². The lowest BCUT2D eigenvalue weighted by molar-refractivity contribution is 0.753. The first-order valence-electron chi connectivity index (χ1n) is 6.85. The SMILES string of the molecule is CCCC[CH2][Al]([CH2]CCC)[CH2]CCC.Cl. The van der Waals surface area contributed by atoms with Crippen LogP contribution in [-0.2, 0) is 0 Å². The number of rotatable bonds is 10. The molecule has 0 saturated heterocycles. The van der Waals surface area contributed by atoms with E-state index in [9.17, 15) is 0 Å². The molecule has 2 heteroatoms. The molecular weight excluding hydrogens is 219 g/mol. The minimum Gasteiger partial charge on any atom is -0.147 e. The van der Waals surface area contributed by atoms with Gasteiger partial charge in [0.2, 0.25) is 0 Å². The smallest absolute Gasteiger partial charge is 0.147 e. The largest absolute Gasteiger partial charge is 0.261 e. The van der Waals surface area contributed by atoms with Crippen molar-refractivity contribution in [2.75, 3.05) is 0 Å². The summed E-state index contributed by atoms with van der Waals surface area (Å²) in [5.41, 5.74) is 0. The maximum absolute atomic E-state index is 2.33. The van der Waals surface area contributed by atoms with Gasteiger partial charge in [0, 0.05) is 0 Å². The fourth-order valence-corrected chi connectivity index (χ4v) is 5.80. The van der Waals surface area contributed by atoms with E-state index < -0.39 is 0 Å². The van der Waals surface area contributed by atoms with Crippen LogP contribution in [0.1, 0.15) is 65.7 Å². The van der Waals surface area contributed by atoms with Crippen LogP contribution in [0.4, 0.5) is 0 Å². The lowest BCUT2D eigenvalue weighted by atomic mass is 10.3. The Morgan fingerprint density at radius 1 is 0.600 bits per heavy atom. The van der Waals surface area contributed by atoms with Gasteiger partial charge in [0.15, 0.2) is 0 Å². The summed E-state index contributed by atoms with van der Waals surface area (Å²) in [6, 6.07) is 0. The van der Waals surface area contributed by atoms with Gasteiger partial charge >= 0.3 is 0 Å². The van der Waals surface area contributed by atoms with E-state index in [0.29, 0.717) is 0 Å². The Morgan fingerprint density at radius 2 is 1.00 bits per heavy atom. The topological polar surface area (TPSA) is 0 Å². The zero-order chi connectivity index (χ0) is 10.6. The summed E-state index contributed by atoms with van der Waals surface area (Å²) in [5.74, 6) is 0. The van der Waals surface area contributed by atoms with Crippen LogP contribution in [0.2, 0.25) is 15.8 Å². The molecule has 0 radical (unpaired) electrons. The number of halogens is 1. The molecule has 0 aliphatic rings. The summed E-state index contributed by atoms with van der Waals surface area (Å²) >= 11 is -0.301. The molecule has 0 amide bonds. The second-order valence-corrected chi connectivity index (χ2v) is 8.11. The Balaban J connectivity index is 0. The highest BCUT2D eigenvalue weighted by Gasteiger charge is 2.14.